The van der Waals surface area contributed by atoms with Gasteiger partial charge in [0.05, 0.1) is 17.7 Å². The van der Waals surface area contributed by atoms with Crippen molar-refractivity contribution in [3.63, 3.8) is 0 Å². The molecule has 0 bridgehead atoms. The van der Waals surface area contributed by atoms with E-state index in [0.29, 0.717) is 40.6 Å². The lowest BCUT2D eigenvalue weighted by atomic mass is 10.00. The van der Waals surface area contributed by atoms with Gasteiger partial charge in [0.1, 0.15) is 17.1 Å². The zero-order valence-electron chi connectivity index (χ0n) is 27.0. The molecule has 1 saturated heterocycles. The van der Waals surface area contributed by atoms with Crippen molar-refractivity contribution in [2.24, 2.45) is 5.92 Å². The number of amides is 1. The van der Waals surface area contributed by atoms with Gasteiger partial charge >= 0.3 is 0 Å². The SMILES string of the molecule is Cc1ccc(OC(C)C)c(-c2ccc(N3CC[C@@H](CNC(=O)c4ccc(-c5nc6cc(C#N)cc(C(C)C)c6o5)cc4)C3)nc2)c1. The fraction of sp³-hybridized carbons (Fsp3) is 0.316. The zero-order chi connectivity index (χ0) is 32.4. The van der Waals surface area contributed by atoms with Crippen molar-refractivity contribution in [1.82, 2.24) is 15.3 Å². The van der Waals surface area contributed by atoms with E-state index in [2.05, 4.69) is 66.3 Å². The van der Waals surface area contributed by atoms with E-state index in [9.17, 15) is 10.1 Å². The third-order valence-electron chi connectivity index (χ3n) is 8.38. The molecule has 1 fully saturated rings. The molecule has 234 valence electrons. The number of pyridine rings is 1. The molecule has 3 heterocycles. The van der Waals surface area contributed by atoms with Gasteiger partial charge in [-0.15, -0.1) is 0 Å². The second kappa shape index (κ2) is 13.1. The van der Waals surface area contributed by atoms with E-state index in [1.54, 1.807) is 18.2 Å². The number of aryl methyl sites for hydroxylation is 1. The highest BCUT2D eigenvalue weighted by molar-refractivity contribution is 5.94. The van der Waals surface area contributed by atoms with Crippen LogP contribution in [0.5, 0.6) is 5.75 Å². The van der Waals surface area contributed by atoms with Crippen LogP contribution in [0, 0.1) is 24.2 Å². The molecule has 0 unspecified atom stereocenters. The topological polar surface area (TPSA) is 104 Å². The number of anilines is 1. The normalized spacial score (nSPS) is 14.7. The van der Waals surface area contributed by atoms with E-state index in [1.807, 2.05) is 44.3 Å². The lowest BCUT2D eigenvalue weighted by Crippen LogP contribution is -2.31. The maximum absolute atomic E-state index is 13.0. The second-order valence-electron chi connectivity index (χ2n) is 12.7. The molecule has 0 saturated carbocycles. The maximum Gasteiger partial charge on any atom is 0.251 e. The number of hydrogen-bond acceptors (Lipinski definition) is 7. The largest absolute Gasteiger partial charge is 0.490 e. The standard InChI is InChI=1S/C38H39N5O3/c1-23(2)31-17-27(19-39)18-33-36(31)46-38(42-33)29-9-7-28(8-10-29)37(44)41-20-26-14-15-43(22-26)35-13-11-30(21-40-35)32-16-25(5)6-12-34(32)45-24(3)4/h6-13,16-18,21,23-24,26H,14-15,20,22H2,1-5H3,(H,41,44)/t26-/m0/s1. The minimum Gasteiger partial charge on any atom is -0.490 e. The highest BCUT2D eigenvalue weighted by Gasteiger charge is 2.24. The smallest absolute Gasteiger partial charge is 0.251 e. The first-order chi connectivity index (χ1) is 22.2. The molecule has 8 nitrogen and oxygen atoms in total. The first kappa shape index (κ1) is 30.8. The Kier molecular flexibility index (Phi) is 8.76. The Morgan fingerprint density at radius 3 is 2.54 bits per heavy atom. The number of benzene rings is 3. The van der Waals surface area contributed by atoms with Crippen molar-refractivity contribution >= 4 is 22.8 Å². The molecule has 3 aromatic carbocycles. The summed E-state index contributed by atoms with van der Waals surface area (Å²) in [5, 5.41) is 12.5. The Labute approximate surface area is 270 Å². The van der Waals surface area contributed by atoms with Crippen molar-refractivity contribution < 1.29 is 13.9 Å². The molecule has 0 spiro atoms. The van der Waals surface area contributed by atoms with Crippen LogP contribution in [0.4, 0.5) is 5.82 Å². The number of carbonyl (C=O) groups excluding carboxylic acids is 1. The van der Waals surface area contributed by atoms with Crippen LogP contribution in [0.1, 0.15) is 67.1 Å². The maximum atomic E-state index is 13.0. The van der Waals surface area contributed by atoms with E-state index in [1.165, 1.54) is 5.56 Å². The number of nitriles is 1. The summed E-state index contributed by atoms with van der Waals surface area (Å²) < 4.78 is 12.2. The van der Waals surface area contributed by atoms with E-state index in [4.69, 9.17) is 14.1 Å². The molecule has 1 aliphatic heterocycles. The van der Waals surface area contributed by atoms with Gasteiger partial charge in [0.25, 0.3) is 5.91 Å². The number of ether oxygens (including phenoxy) is 1. The van der Waals surface area contributed by atoms with Crippen LogP contribution in [0.3, 0.4) is 0 Å². The summed E-state index contributed by atoms with van der Waals surface area (Å²) in [5.74, 6) is 2.69. The van der Waals surface area contributed by atoms with Crippen molar-refractivity contribution in [3.05, 3.63) is 95.2 Å². The van der Waals surface area contributed by atoms with Crippen LogP contribution in [0.25, 0.3) is 33.7 Å². The predicted molar refractivity (Wildman–Crippen MR) is 181 cm³/mol. The summed E-state index contributed by atoms with van der Waals surface area (Å²) in [6, 6.07) is 23.5. The Morgan fingerprint density at radius 2 is 1.85 bits per heavy atom. The van der Waals surface area contributed by atoms with Gasteiger partial charge in [0, 0.05) is 53.6 Å². The summed E-state index contributed by atoms with van der Waals surface area (Å²) >= 11 is 0. The number of nitrogens with zero attached hydrogens (tertiary/aromatic N) is 4. The van der Waals surface area contributed by atoms with Gasteiger partial charge in [-0.2, -0.15) is 5.26 Å². The fourth-order valence-corrected chi connectivity index (χ4v) is 5.94. The number of hydrogen-bond donors (Lipinski definition) is 1. The Morgan fingerprint density at radius 1 is 1.07 bits per heavy atom. The molecule has 5 aromatic rings. The zero-order valence-corrected chi connectivity index (χ0v) is 27.0. The average Bonchev–Trinajstić information content (AvgIpc) is 3.71. The molecule has 1 amide bonds. The number of nitrogens with one attached hydrogen (secondary N) is 1. The van der Waals surface area contributed by atoms with E-state index in [-0.39, 0.29) is 17.9 Å². The Balaban J connectivity index is 1.06. The van der Waals surface area contributed by atoms with Gasteiger partial charge in [-0.25, -0.2) is 9.97 Å². The first-order valence-electron chi connectivity index (χ1n) is 15.9. The number of fused-ring (bicyclic) bond motifs is 1. The van der Waals surface area contributed by atoms with Gasteiger partial charge < -0.3 is 19.4 Å². The van der Waals surface area contributed by atoms with E-state index < -0.39 is 0 Å². The lowest BCUT2D eigenvalue weighted by Gasteiger charge is -2.19. The molecule has 6 rings (SSSR count). The van der Waals surface area contributed by atoms with E-state index >= 15 is 0 Å². The third kappa shape index (κ3) is 6.59. The van der Waals surface area contributed by atoms with Crippen LogP contribution >= 0.6 is 0 Å². The highest BCUT2D eigenvalue weighted by Crippen LogP contribution is 2.34. The van der Waals surface area contributed by atoms with Crippen LogP contribution < -0.4 is 15.0 Å². The molecular formula is C38H39N5O3. The van der Waals surface area contributed by atoms with E-state index in [0.717, 1.165) is 53.3 Å². The van der Waals surface area contributed by atoms with Crippen molar-refractivity contribution in [2.45, 2.75) is 53.1 Å². The number of rotatable bonds is 9. The quantitative estimate of drug-likeness (QED) is 0.180. The molecule has 8 heteroatoms. The molecule has 0 aliphatic carbocycles. The first-order valence-corrected chi connectivity index (χ1v) is 15.9. The summed E-state index contributed by atoms with van der Waals surface area (Å²) in [5.41, 5.74) is 7.48. The van der Waals surface area contributed by atoms with Gasteiger partial charge in [0.15, 0.2) is 5.58 Å². The van der Waals surface area contributed by atoms with Gasteiger partial charge in [-0.1, -0.05) is 25.5 Å². The monoisotopic (exact) mass is 613 g/mol. The predicted octanol–water partition coefficient (Wildman–Crippen LogP) is 7.90. The van der Waals surface area contributed by atoms with Gasteiger partial charge in [-0.3, -0.25) is 4.79 Å². The summed E-state index contributed by atoms with van der Waals surface area (Å²) in [7, 11) is 0. The van der Waals surface area contributed by atoms with Crippen molar-refractivity contribution in [2.75, 3.05) is 24.5 Å². The summed E-state index contributed by atoms with van der Waals surface area (Å²) in [4.78, 5) is 24.7. The minimum absolute atomic E-state index is 0.0914. The minimum atomic E-state index is -0.108. The summed E-state index contributed by atoms with van der Waals surface area (Å²) in [6.07, 6.45) is 2.99. The van der Waals surface area contributed by atoms with Crippen molar-refractivity contribution in [1.29, 1.82) is 5.26 Å². The molecule has 0 radical (unpaired) electrons. The number of oxazole rings is 1. The molecule has 1 N–H and O–H groups in total. The van der Waals surface area contributed by atoms with Crippen LogP contribution in [0.15, 0.2) is 77.3 Å². The molecule has 46 heavy (non-hydrogen) atoms. The van der Waals surface area contributed by atoms with Gasteiger partial charge in [0.2, 0.25) is 5.89 Å². The molecule has 1 atom stereocenters. The second-order valence-corrected chi connectivity index (χ2v) is 12.7. The van der Waals surface area contributed by atoms with Crippen LogP contribution in [-0.4, -0.2) is 41.6 Å². The Hall–Kier alpha value is -5.16. The highest BCUT2D eigenvalue weighted by atomic mass is 16.5. The summed E-state index contributed by atoms with van der Waals surface area (Å²) in [6.45, 7) is 12.6. The van der Waals surface area contributed by atoms with Gasteiger partial charge in [-0.05, 0) is 99.7 Å². The number of carbonyl (C=O) groups is 1. The van der Waals surface area contributed by atoms with Crippen molar-refractivity contribution in [3.8, 4) is 34.4 Å². The van der Waals surface area contributed by atoms with Crippen LogP contribution in [0.2, 0.25) is 0 Å². The Bertz CT molecular complexity index is 1900. The fourth-order valence-electron chi connectivity index (χ4n) is 5.94. The number of aromatic nitrogens is 2. The lowest BCUT2D eigenvalue weighted by molar-refractivity contribution is 0.0948. The average molecular weight is 614 g/mol. The van der Waals surface area contributed by atoms with Crippen LogP contribution in [-0.2, 0) is 0 Å². The molecule has 2 aromatic heterocycles. The molecule has 1 aliphatic rings. The third-order valence-corrected chi connectivity index (χ3v) is 8.38. The molecular weight excluding hydrogens is 574 g/mol.